The summed E-state index contributed by atoms with van der Waals surface area (Å²) < 4.78 is 11.9. The number of likely N-dealkylation sites (tertiary alicyclic amines) is 1. The lowest BCUT2D eigenvalue weighted by atomic mass is 9.80. The van der Waals surface area contributed by atoms with Crippen molar-refractivity contribution in [3.8, 4) is 0 Å². The van der Waals surface area contributed by atoms with Gasteiger partial charge in [0.15, 0.2) is 0 Å². The van der Waals surface area contributed by atoms with Crippen molar-refractivity contribution >= 4 is 0 Å². The van der Waals surface area contributed by atoms with Crippen LogP contribution in [0.15, 0.2) is 0 Å². The molecule has 13 heavy (non-hydrogen) atoms. The second-order valence-corrected chi connectivity index (χ2v) is 4.40. The quantitative estimate of drug-likeness (QED) is 0.722. The number of nitrogens with two attached hydrogens (primary N) is 1. The van der Waals surface area contributed by atoms with Crippen LogP contribution in [0.2, 0.25) is 0 Å². The third-order valence-electron chi connectivity index (χ3n) is 3.16. The van der Waals surface area contributed by atoms with Gasteiger partial charge in [-0.2, -0.15) is 0 Å². The average molecular weight is 188 g/mol. The van der Waals surface area contributed by atoms with Crippen molar-refractivity contribution in [3.05, 3.63) is 0 Å². The Morgan fingerprint density at radius 3 is 2.46 bits per heavy atom. The van der Waals surface area contributed by atoms with Crippen molar-refractivity contribution in [2.75, 3.05) is 32.9 Å². The molecule has 0 atom stereocenters. The van der Waals surface area contributed by atoms with Gasteiger partial charge in [0.05, 0.1) is 6.67 Å². The summed E-state index contributed by atoms with van der Waals surface area (Å²) >= 11 is 0. The van der Waals surface area contributed by atoms with Crippen molar-refractivity contribution in [1.82, 2.24) is 4.90 Å². The van der Waals surface area contributed by atoms with Crippen molar-refractivity contribution in [2.24, 2.45) is 11.1 Å². The fourth-order valence-corrected chi connectivity index (χ4v) is 1.80. The second-order valence-electron chi connectivity index (χ2n) is 4.40. The Kier molecular flexibility index (Phi) is 4.13. The van der Waals surface area contributed by atoms with E-state index in [9.17, 15) is 4.39 Å². The summed E-state index contributed by atoms with van der Waals surface area (Å²) in [6.07, 6.45) is 3.00. The maximum atomic E-state index is 11.9. The minimum Gasteiger partial charge on any atom is -0.330 e. The zero-order valence-electron chi connectivity index (χ0n) is 8.56. The van der Waals surface area contributed by atoms with Crippen molar-refractivity contribution in [2.45, 2.75) is 26.2 Å². The van der Waals surface area contributed by atoms with Crippen molar-refractivity contribution in [3.63, 3.8) is 0 Å². The van der Waals surface area contributed by atoms with E-state index in [1.165, 1.54) is 0 Å². The fourth-order valence-electron chi connectivity index (χ4n) is 1.80. The van der Waals surface area contributed by atoms with E-state index in [2.05, 4.69) is 11.8 Å². The minimum absolute atomic E-state index is 0.190. The largest absolute Gasteiger partial charge is 0.330 e. The Balaban J connectivity index is 2.22. The molecule has 3 heteroatoms. The van der Waals surface area contributed by atoms with Crippen LogP contribution in [0.1, 0.15) is 26.2 Å². The highest BCUT2D eigenvalue weighted by Gasteiger charge is 2.27. The zero-order chi connectivity index (χ0) is 9.73. The molecule has 0 saturated carbocycles. The predicted octanol–water partition coefficient (Wildman–Crippen LogP) is 1.41. The Morgan fingerprint density at radius 1 is 1.38 bits per heavy atom. The summed E-state index contributed by atoms with van der Waals surface area (Å²) in [6.45, 7) is 5.94. The Labute approximate surface area is 80.3 Å². The zero-order valence-corrected chi connectivity index (χ0v) is 8.56. The predicted molar refractivity (Wildman–Crippen MR) is 53.4 cm³/mol. The molecule has 0 aromatic carbocycles. The van der Waals surface area contributed by atoms with Crippen LogP contribution in [0.4, 0.5) is 4.39 Å². The topological polar surface area (TPSA) is 29.3 Å². The molecular weight excluding hydrogens is 167 g/mol. The minimum atomic E-state index is -0.190. The van der Waals surface area contributed by atoms with E-state index in [4.69, 9.17) is 5.73 Å². The molecule has 78 valence electrons. The third kappa shape index (κ3) is 3.24. The maximum Gasteiger partial charge on any atom is 0.0906 e. The fraction of sp³-hybridized carbons (Fsp3) is 1.00. The summed E-state index contributed by atoms with van der Waals surface area (Å²) in [5, 5.41) is 0. The van der Waals surface area contributed by atoms with Crippen LogP contribution in [-0.4, -0.2) is 37.8 Å². The van der Waals surface area contributed by atoms with E-state index in [0.29, 0.717) is 11.8 Å². The Hall–Kier alpha value is -0.150. The lowest BCUT2D eigenvalue weighted by molar-refractivity contribution is 0.121. The van der Waals surface area contributed by atoms with Gasteiger partial charge in [0.25, 0.3) is 0 Å². The van der Waals surface area contributed by atoms with E-state index in [-0.39, 0.29) is 6.67 Å². The van der Waals surface area contributed by atoms with Crippen LogP contribution in [0.3, 0.4) is 0 Å². The Bertz CT molecular complexity index is 142. The average Bonchev–Trinajstić information content (AvgIpc) is 2.17. The van der Waals surface area contributed by atoms with Gasteiger partial charge in [-0.1, -0.05) is 6.92 Å². The molecule has 0 aliphatic carbocycles. The lowest BCUT2D eigenvalue weighted by Gasteiger charge is -2.38. The van der Waals surface area contributed by atoms with E-state index >= 15 is 0 Å². The maximum absolute atomic E-state index is 11.9. The van der Waals surface area contributed by atoms with E-state index in [1.807, 2.05) is 0 Å². The number of alkyl halides is 1. The van der Waals surface area contributed by atoms with Gasteiger partial charge in [-0.15, -0.1) is 0 Å². The molecule has 1 fully saturated rings. The summed E-state index contributed by atoms with van der Waals surface area (Å²) in [7, 11) is 0. The molecule has 0 aromatic rings. The molecule has 0 bridgehead atoms. The van der Waals surface area contributed by atoms with Crippen LogP contribution in [0.5, 0.6) is 0 Å². The number of hydrogen-bond acceptors (Lipinski definition) is 2. The van der Waals surface area contributed by atoms with Crippen LogP contribution in [0, 0.1) is 5.41 Å². The van der Waals surface area contributed by atoms with E-state index in [1.54, 1.807) is 0 Å². The van der Waals surface area contributed by atoms with Crippen LogP contribution in [0.25, 0.3) is 0 Å². The van der Waals surface area contributed by atoms with Gasteiger partial charge in [-0.05, 0) is 44.3 Å². The first kappa shape index (κ1) is 10.9. The normalized spacial score (nSPS) is 23.3. The first-order chi connectivity index (χ1) is 6.20. The summed E-state index contributed by atoms with van der Waals surface area (Å²) in [4.78, 5) is 2.34. The second kappa shape index (κ2) is 4.91. The molecule has 0 unspecified atom stereocenters. The molecule has 2 N–H and O–H groups in total. The number of hydrogen-bond donors (Lipinski definition) is 1. The monoisotopic (exact) mass is 188 g/mol. The smallest absolute Gasteiger partial charge is 0.0906 e. The molecule has 1 saturated heterocycles. The highest BCUT2D eigenvalue weighted by molar-refractivity contribution is 4.82. The molecular formula is C10H21FN2. The van der Waals surface area contributed by atoms with Gasteiger partial charge in [0, 0.05) is 6.54 Å². The summed E-state index contributed by atoms with van der Waals surface area (Å²) in [5.74, 6) is 0. The molecule has 1 heterocycles. The van der Waals surface area contributed by atoms with Crippen molar-refractivity contribution in [1.29, 1.82) is 0 Å². The van der Waals surface area contributed by atoms with Crippen LogP contribution in [-0.2, 0) is 0 Å². The highest BCUT2D eigenvalue weighted by Crippen LogP contribution is 2.29. The highest BCUT2D eigenvalue weighted by atomic mass is 19.1. The van der Waals surface area contributed by atoms with E-state index < -0.39 is 0 Å². The molecule has 2 nitrogen and oxygen atoms in total. The molecule has 1 rings (SSSR count). The van der Waals surface area contributed by atoms with Crippen molar-refractivity contribution < 1.29 is 4.39 Å². The van der Waals surface area contributed by atoms with Gasteiger partial charge >= 0.3 is 0 Å². The molecule has 0 radical (unpaired) electrons. The Morgan fingerprint density at radius 2 is 2.00 bits per heavy atom. The number of halogens is 1. The van der Waals surface area contributed by atoms with E-state index in [0.717, 1.165) is 39.0 Å². The summed E-state index contributed by atoms with van der Waals surface area (Å²) in [5.41, 5.74) is 6.04. The SMILES string of the molecule is CC1(CN)CCN(CCCF)CC1. The molecule has 0 amide bonds. The molecule has 0 spiro atoms. The van der Waals surface area contributed by atoms with Gasteiger partial charge < -0.3 is 10.6 Å². The molecule has 1 aliphatic rings. The lowest BCUT2D eigenvalue weighted by Crippen LogP contribution is -2.42. The first-order valence-electron chi connectivity index (χ1n) is 5.18. The first-order valence-corrected chi connectivity index (χ1v) is 5.18. The molecule has 0 aromatic heterocycles. The van der Waals surface area contributed by atoms with Gasteiger partial charge in [-0.3, -0.25) is 4.39 Å². The van der Waals surface area contributed by atoms with Gasteiger partial charge in [-0.25, -0.2) is 0 Å². The van der Waals surface area contributed by atoms with Crippen LogP contribution >= 0.6 is 0 Å². The standard InChI is InChI=1S/C10H21FN2/c1-10(9-12)3-7-13(8-4-10)6-2-5-11/h2-9,12H2,1H3. The third-order valence-corrected chi connectivity index (χ3v) is 3.16. The number of nitrogens with zero attached hydrogens (tertiary/aromatic N) is 1. The number of piperidine rings is 1. The summed E-state index contributed by atoms with van der Waals surface area (Å²) in [6, 6.07) is 0. The number of rotatable bonds is 4. The van der Waals surface area contributed by atoms with Crippen LogP contribution < -0.4 is 5.73 Å². The van der Waals surface area contributed by atoms with Gasteiger partial charge in [0.1, 0.15) is 0 Å². The van der Waals surface area contributed by atoms with Gasteiger partial charge in [0.2, 0.25) is 0 Å². The molecule has 1 aliphatic heterocycles.